The van der Waals surface area contributed by atoms with Gasteiger partial charge in [-0.05, 0) is 36.8 Å². The number of thioether (sulfide) groups is 1. The molecule has 2 aromatic carbocycles. The molecular weight excluding hydrogens is 506 g/mol. The van der Waals surface area contributed by atoms with E-state index < -0.39 is 11.9 Å². The van der Waals surface area contributed by atoms with Crippen LogP contribution in [0.2, 0.25) is 0 Å². The molecular formula is C26H25N7O4S. The Balaban J connectivity index is 1.29. The molecule has 1 unspecified atom stereocenters. The maximum atomic E-state index is 13.0. The average Bonchev–Trinajstić information content (AvgIpc) is 3.48. The second kappa shape index (κ2) is 10.9. The first-order valence-corrected chi connectivity index (χ1v) is 12.8. The number of methoxy groups -OCH3 is 1. The molecule has 3 amide bonds. The molecule has 0 saturated heterocycles. The number of carbonyl (C=O) groups is 3. The van der Waals surface area contributed by atoms with E-state index in [1.807, 2.05) is 55.5 Å². The van der Waals surface area contributed by atoms with E-state index in [1.54, 1.807) is 18.1 Å². The zero-order valence-corrected chi connectivity index (χ0v) is 21.5. The Labute approximate surface area is 222 Å². The quantitative estimate of drug-likeness (QED) is 0.406. The van der Waals surface area contributed by atoms with Crippen molar-refractivity contribution < 1.29 is 19.1 Å². The number of nitrogens with one attached hydrogen (secondary N) is 3. The van der Waals surface area contributed by atoms with Gasteiger partial charge in [-0.2, -0.15) is 10.1 Å². The molecule has 38 heavy (non-hydrogen) atoms. The number of nitrogens with zero attached hydrogens (tertiary/aromatic N) is 4. The SMILES string of the molecule is COc1ccc(CNC(=O)CC2C(=O)N=C3c4ccccc4N=C(SCC(=O)Nc4cc(C)[nH]n4)N32)cc1. The summed E-state index contributed by atoms with van der Waals surface area (Å²) in [6.07, 6.45) is -0.109. The number of anilines is 1. The fourth-order valence-corrected chi connectivity index (χ4v) is 4.93. The molecule has 0 saturated carbocycles. The van der Waals surface area contributed by atoms with Crippen LogP contribution in [0.1, 0.15) is 23.2 Å². The number of amides is 3. The predicted molar refractivity (Wildman–Crippen MR) is 145 cm³/mol. The van der Waals surface area contributed by atoms with Crippen LogP contribution in [0.25, 0.3) is 0 Å². The maximum absolute atomic E-state index is 13.0. The molecule has 12 heteroatoms. The first-order valence-electron chi connectivity index (χ1n) is 11.9. The van der Waals surface area contributed by atoms with E-state index in [0.29, 0.717) is 34.6 Å². The Morgan fingerprint density at radius 1 is 1.11 bits per heavy atom. The Morgan fingerprint density at radius 2 is 1.89 bits per heavy atom. The van der Waals surface area contributed by atoms with Crippen LogP contribution in [-0.4, -0.2) is 62.7 Å². The van der Waals surface area contributed by atoms with Crippen LogP contribution in [0.15, 0.2) is 64.6 Å². The van der Waals surface area contributed by atoms with Crippen LogP contribution in [-0.2, 0) is 20.9 Å². The number of fused-ring (bicyclic) bond motifs is 3. The zero-order valence-electron chi connectivity index (χ0n) is 20.7. The van der Waals surface area contributed by atoms with E-state index in [9.17, 15) is 14.4 Å². The smallest absolute Gasteiger partial charge is 0.271 e. The highest BCUT2D eigenvalue weighted by atomic mass is 32.2. The van der Waals surface area contributed by atoms with Gasteiger partial charge in [0.05, 0.1) is 25.0 Å². The lowest BCUT2D eigenvalue weighted by atomic mass is 10.1. The van der Waals surface area contributed by atoms with Gasteiger partial charge in [0.25, 0.3) is 5.91 Å². The molecule has 1 atom stereocenters. The van der Waals surface area contributed by atoms with E-state index in [-0.39, 0.29) is 24.0 Å². The lowest BCUT2D eigenvalue weighted by Crippen LogP contribution is -2.46. The second-order valence-electron chi connectivity index (χ2n) is 8.67. The number of para-hydroxylation sites is 1. The van der Waals surface area contributed by atoms with Crippen molar-refractivity contribution in [2.24, 2.45) is 9.98 Å². The number of aromatic nitrogens is 2. The van der Waals surface area contributed by atoms with Crippen molar-refractivity contribution in [1.82, 2.24) is 20.4 Å². The summed E-state index contributed by atoms with van der Waals surface area (Å²) in [6.45, 7) is 2.15. The normalized spacial score (nSPS) is 15.8. The number of aliphatic imine (C=N–C) groups is 2. The van der Waals surface area contributed by atoms with Crippen LogP contribution in [0.4, 0.5) is 11.5 Å². The van der Waals surface area contributed by atoms with Gasteiger partial charge in [-0.25, -0.2) is 4.99 Å². The first-order chi connectivity index (χ1) is 18.4. The summed E-state index contributed by atoms with van der Waals surface area (Å²) in [5, 5.41) is 12.8. The number of ether oxygens (including phenoxy) is 1. The fourth-order valence-electron chi connectivity index (χ4n) is 4.09. The summed E-state index contributed by atoms with van der Waals surface area (Å²) >= 11 is 1.17. The molecule has 0 fully saturated rings. The van der Waals surface area contributed by atoms with Gasteiger partial charge in [0.1, 0.15) is 17.6 Å². The Hall–Kier alpha value is -4.45. The van der Waals surface area contributed by atoms with E-state index >= 15 is 0 Å². The van der Waals surface area contributed by atoms with Gasteiger partial charge in [-0.3, -0.25) is 24.4 Å². The minimum atomic E-state index is -0.863. The number of benzene rings is 2. The number of H-pyrrole nitrogens is 1. The molecule has 1 aromatic heterocycles. The number of hydrogen-bond donors (Lipinski definition) is 3. The van der Waals surface area contributed by atoms with Crippen LogP contribution in [0.5, 0.6) is 5.75 Å². The number of rotatable bonds is 8. The van der Waals surface area contributed by atoms with E-state index in [1.165, 1.54) is 11.8 Å². The number of aryl methyl sites for hydroxylation is 1. The molecule has 5 rings (SSSR count). The largest absolute Gasteiger partial charge is 0.497 e. The summed E-state index contributed by atoms with van der Waals surface area (Å²) in [7, 11) is 1.59. The molecule has 3 heterocycles. The molecule has 3 N–H and O–H groups in total. The summed E-state index contributed by atoms with van der Waals surface area (Å²) in [6, 6.07) is 15.5. The van der Waals surface area contributed by atoms with Crippen molar-refractivity contribution in [3.63, 3.8) is 0 Å². The topological polar surface area (TPSA) is 141 Å². The van der Waals surface area contributed by atoms with Crippen LogP contribution in [0.3, 0.4) is 0 Å². The van der Waals surface area contributed by atoms with E-state index in [4.69, 9.17) is 9.73 Å². The Bertz CT molecular complexity index is 1450. The van der Waals surface area contributed by atoms with Crippen molar-refractivity contribution in [2.75, 3.05) is 18.2 Å². The van der Waals surface area contributed by atoms with Crippen molar-refractivity contribution in [2.45, 2.75) is 25.9 Å². The molecule has 0 bridgehead atoms. The molecule has 194 valence electrons. The number of hydrogen-bond acceptors (Lipinski definition) is 8. The number of carbonyl (C=O) groups excluding carboxylic acids is 3. The highest BCUT2D eigenvalue weighted by Crippen LogP contribution is 2.35. The molecule has 2 aliphatic rings. The maximum Gasteiger partial charge on any atom is 0.271 e. The van der Waals surface area contributed by atoms with Crippen molar-refractivity contribution >= 4 is 52.0 Å². The predicted octanol–water partition coefficient (Wildman–Crippen LogP) is 2.76. The Morgan fingerprint density at radius 3 is 2.63 bits per heavy atom. The summed E-state index contributed by atoms with van der Waals surface area (Å²) in [4.78, 5) is 49.0. The molecule has 0 spiro atoms. The van der Waals surface area contributed by atoms with Crippen molar-refractivity contribution in [3.05, 3.63) is 71.4 Å². The molecule has 11 nitrogen and oxygen atoms in total. The highest BCUT2D eigenvalue weighted by Gasteiger charge is 2.42. The minimum Gasteiger partial charge on any atom is -0.497 e. The van der Waals surface area contributed by atoms with E-state index in [0.717, 1.165) is 17.0 Å². The van der Waals surface area contributed by atoms with Gasteiger partial charge in [0.2, 0.25) is 11.8 Å². The summed E-state index contributed by atoms with van der Waals surface area (Å²) in [5.74, 6) is 0.603. The van der Waals surface area contributed by atoms with Crippen LogP contribution < -0.4 is 15.4 Å². The third-order valence-electron chi connectivity index (χ3n) is 5.94. The summed E-state index contributed by atoms with van der Waals surface area (Å²) in [5.41, 5.74) is 3.07. The zero-order chi connectivity index (χ0) is 26.6. The van der Waals surface area contributed by atoms with Crippen LogP contribution in [0, 0.1) is 6.92 Å². The fraction of sp³-hybridized carbons (Fsp3) is 0.231. The minimum absolute atomic E-state index is 0.0290. The average molecular weight is 532 g/mol. The standard InChI is InChI=1S/C26H25N7O4S/c1-15-11-21(32-31-15)29-23(35)14-38-26-28-19-6-4-3-5-18(19)24-30-25(36)20(33(24)26)12-22(34)27-13-16-7-9-17(37-2)10-8-16/h3-11,20H,12-14H2,1-2H3,(H,27,34)(H2,29,31,32,35). The second-order valence-corrected chi connectivity index (χ2v) is 9.62. The highest BCUT2D eigenvalue weighted by molar-refractivity contribution is 8.14. The third kappa shape index (κ3) is 5.44. The third-order valence-corrected chi connectivity index (χ3v) is 6.89. The molecule has 3 aromatic rings. The first kappa shape index (κ1) is 25.2. The van der Waals surface area contributed by atoms with Gasteiger partial charge >= 0.3 is 0 Å². The van der Waals surface area contributed by atoms with Crippen molar-refractivity contribution in [3.8, 4) is 5.75 Å². The lowest BCUT2D eigenvalue weighted by molar-refractivity contribution is -0.126. The summed E-state index contributed by atoms with van der Waals surface area (Å²) < 4.78 is 5.16. The molecule has 0 aliphatic carbocycles. The molecule has 0 radical (unpaired) electrons. The van der Waals surface area contributed by atoms with Gasteiger partial charge < -0.3 is 15.4 Å². The number of aromatic amines is 1. The van der Waals surface area contributed by atoms with Crippen molar-refractivity contribution in [1.29, 1.82) is 0 Å². The Kier molecular flexibility index (Phi) is 7.22. The van der Waals surface area contributed by atoms with Gasteiger partial charge in [0, 0.05) is 23.9 Å². The molecule has 2 aliphatic heterocycles. The number of amidine groups is 2. The monoisotopic (exact) mass is 531 g/mol. The van der Waals surface area contributed by atoms with Gasteiger partial charge in [-0.1, -0.05) is 36.0 Å². The van der Waals surface area contributed by atoms with Gasteiger partial charge in [-0.15, -0.1) is 0 Å². The van der Waals surface area contributed by atoms with Crippen LogP contribution >= 0.6 is 11.8 Å². The van der Waals surface area contributed by atoms with Gasteiger partial charge in [0.15, 0.2) is 11.0 Å². The van der Waals surface area contributed by atoms with E-state index in [2.05, 4.69) is 25.8 Å². The lowest BCUT2D eigenvalue weighted by Gasteiger charge is -2.30.